The van der Waals surface area contributed by atoms with Gasteiger partial charge in [0.2, 0.25) is 5.91 Å². The predicted octanol–water partition coefficient (Wildman–Crippen LogP) is 2.29. The quantitative estimate of drug-likeness (QED) is 0.576. The molecular formula is C13H13Br2NO5. The number of nitrogens with zero attached hydrogens (tertiary/aromatic N) is 1. The maximum absolute atomic E-state index is 11.9. The molecular weight excluding hydrogens is 410 g/mol. The van der Waals surface area contributed by atoms with Gasteiger partial charge in [-0.05, 0) is 49.9 Å². The van der Waals surface area contributed by atoms with Gasteiger partial charge in [-0.3, -0.25) is 4.79 Å². The Morgan fingerprint density at radius 2 is 2.10 bits per heavy atom. The van der Waals surface area contributed by atoms with E-state index in [4.69, 9.17) is 4.74 Å². The van der Waals surface area contributed by atoms with E-state index in [2.05, 4.69) is 31.9 Å². The minimum Gasteiger partial charge on any atom is -0.504 e. The maximum atomic E-state index is 11.9. The summed E-state index contributed by atoms with van der Waals surface area (Å²) in [5.74, 6) is -1.20. The molecule has 1 aromatic rings. The van der Waals surface area contributed by atoms with Crippen LogP contribution in [0.5, 0.6) is 11.5 Å². The van der Waals surface area contributed by atoms with Gasteiger partial charge in [-0.15, -0.1) is 0 Å². The van der Waals surface area contributed by atoms with Gasteiger partial charge >= 0.3 is 5.97 Å². The highest BCUT2D eigenvalue weighted by Gasteiger charge is 2.37. The van der Waals surface area contributed by atoms with Crippen LogP contribution in [0.15, 0.2) is 15.0 Å². The van der Waals surface area contributed by atoms with E-state index < -0.39 is 12.0 Å². The second-order valence-electron chi connectivity index (χ2n) is 4.63. The average molecular weight is 423 g/mol. The first-order valence-corrected chi connectivity index (χ1v) is 7.71. The van der Waals surface area contributed by atoms with Crippen molar-refractivity contribution in [3.63, 3.8) is 0 Å². The van der Waals surface area contributed by atoms with Crippen LogP contribution < -0.4 is 0 Å². The number of aromatic hydroxyl groups is 2. The Kier molecular flexibility index (Phi) is 4.77. The van der Waals surface area contributed by atoms with E-state index in [1.165, 1.54) is 18.1 Å². The number of likely N-dealkylation sites (tertiary alicyclic amines) is 1. The molecule has 6 nitrogen and oxygen atoms in total. The van der Waals surface area contributed by atoms with Crippen LogP contribution in [0.25, 0.3) is 0 Å². The first kappa shape index (κ1) is 16.1. The van der Waals surface area contributed by atoms with Crippen molar-refractivity contribution in [1.29, 1.82) is 0 Å². The summed E-state index contributed by atoms with van der Waals surface area (Å²) in [5, 5.41) is 19.3. The lowest BCUT2D eigenvalue weighted by molar-refractivity contribution is -0.149. The van der Waals surface area contributed by atoms with Gasteiger partial charge in [0.1, 0.15) is 6.04 Å². The highest BCUT2D eigenvalue weighted by Crippen LogP contribution is 2.42. The van der Waals surface area contributed by atoms with Gasteiger partial charge in [0.05, 0.1) is 11.6 Å². The molecule has 1 amide bonds. The largest absolute Gasteiger partial charge is 0.504 e. The third kappa shape index (κ3) is 3.01. The summed E-state index contributed by atoms with van der Waals surface area (Å²) in [5.41, 5.74) is 0.571. The van der Waals surface area contributed by atoms with Crippen molar-refractivity contribution in [3.05, 3.63) is 20.6 Å². The molecule has 1 aliphatic rings. The third-order valence-electron chi connectivity index (χ3n) is 3.38. The molecule has 0 unspecified atom stereocenters. The molecule has 21 heavy (non-hydrogen) atoms. The zero-order chi connectivity index (χ0) is 15.7. The van der Waals surface area contributed by atoms with E-state index in [0.717, 1.165) is 0 Å². The number of methoxy groups -OCH3 is 1. The van der Waals surface area contributed by atoms with E-state index in [0.29, 0.717) is 20.9 Å². The summed E-state index contributed by atoms with van der Waals surface area (Å²) >= 11 is 6.45. The van der Waals surface area contributed by atoms with Crippen LogP contribution in [0.1, 0.15) is 18.4 Å². The Labute approximate surface area is 138 Å². The number of ether oxygens (including phenoxy) is 1. The Hall–Kier alpha value is -1.28. The van der Waals surface area contributed by atoms with Crippen molar-refractivity contribution in [3.8, 4) is 11.5 Å². The lowest BCUT2D eigenvalue weighted by Gasteiger charge is -2.24. The number of phenolic OH excluding ortho intramolecular Hbond substituents is 2. The summed E-state index contributed by atoms with van der Waals surface area (Å²) in [7, 11) is 1.28. The highest BCUT2D eigenvalue weighted by atomic mass is 79.9. The van der Waals surface area contributed by atoms with Gasteiger partial charge in [0, 0.05) is 17.4 Å². The molecule has 2 rings (SSSR count). The second-order valence-corrected chi connectivity index (χ2v) is 6.22. The van der Waals surface area contributed by atoms with Gasteiger partial charge in [0.25, 0.3) is 0 Å². The van der Waals surface area contributed by atoms with E-state index in [-0.39, 0.29) is 30.4 Å². The number of halogens is 2. The lowest BCUT2D eigenvalue weighted by Crippen LogP contribution is -2.38. The van der Waals surface area contributed by atoms with Crippen molar-refractivity contribution >= 4 is 43.7 Å². The first-order valence-electron chi connectivity index (χ1n) is 6.13. The molecule has 2 N–H and O–H groups in total. The van der Waals surface area contributed by atoms with Crippen LogP contribution >= 0.6 is 31.9 Å². The van der Waals surface area contributed by atoms with Gasteiger partial charge in [-0.1, -0.05) is 0 Å². The van der Waals surface area contributed by atoms with Crippen LogP contribution in [0.3, 0.4) is 0 Å². The number of benzene rings is 1. The number of hydrogen-bond acceptors (Lipinski definition) is 5. The zero-order valence-corrected chi connectivity index (χ0v) is 14.3. The lowest BCUT2D eigenvalue weighted by atomic mass is 10.1. The van der Waals surface area contributed by atoms with Crippen molar-refractivity contribution in [2.45, 2.75) is 25.4 Å². The highest BCUT2D eigenvalue weighted by molar-refractivity contribution is 9.13. The number of hydrogen-bond donors (Lipinski definition) is 2. The van der Waals surface area contributed by atoms with Crippen molar-refractivity contribution in [2.75, 3.05) is 7.11 Å². The Morgan fingerprint density at radius 3 is 2.71 bits per heavy atom. The first-order chi connectivity index (χ1) is 9.86. The molecule has 0 radical (unpaired) electrons. The Morgan fingerprint density at radius 1 is 1.43 bits per heavy atom. The third-order valence-corrected chi connectivity index (χ3v) is 5.59. The summed E-state index contributed by atoms with van der Waals surface area (Å²) in [6, 6.07) is 0.730. The molecule has 0 spiro atoms. The molecule has 8 heteroatoms. The van der Waals surface area contributed by atoms with Gasteiger partial charge in [-0.2, -0.15) is 0 Å². The summed E-state index contributed by atoms with van der Waals surface area (Å²) in [4.78, 5) is 25.1. The van der Waals surface area contributed by atoms with Gasteiger partial charge in [-0.25, -0.2) is 4.79 Å². The maximum Gasteiger partial charge on any atom is 0.328 e. The molecule has 0 aliphatic carbocycles. The van der Waals surface area contributed by atoms with Crippen LogP contribution in [0, 0.1) is 0 Å². The minimum absolute atomic E-state index is 0.131. The number of carbonyl (C=O) groups excluding carboxylic acids is 2. The van der Waals surface area contributed by atoms with E-state index in [9.17, 15) is 19.8 Å². The monoisotopic (exact) mass is 421 g/mol. The van der Waals surface area contributed by atoms with E-state index in [1.54, 1.807) is 0 Å². The molecule has 114 valence electrons. The summed E-state index contributed by atoms with van der Waals surface area (Å²) in [6.45, 7) is 0.131. The molecule has 1 aromatic carbocycles. The van der Waals surface area contributed by atoms with Crippen LogP contribution in [-0.2, 0) is 20.9 Å². The van der Waals surface area contributed by atoms with Crippen molar-refractivity contribution in [2.24, 2.45) is 0 Å². The normalized spacial score (nSPS) is 18.1. The van der Waals surface area contributed by atoms with Crippen molar-refractivity contribution in [1.82, 2.24) is 4.90 Å². The molecule has 1 atom stereocenters. The van der Waals surface area contributed by atoms with Gasteiger partial charge < -0.3 is 19.8 Å². The molecule has 1 saturated heterocycles. The molecule has 0 saturated carbocycles. The fourth-order valence-corrected chi connectivity index (χ4v) is 3.15. The van der Waals surface area contributed by atoms with E-state index in [1.807, 2.05) is 0 Å². The molecule has 1 aliphatic heterocycles. The van der Waals surface area contributed by atoms with Gasteiger partial charge in [0.15, 0.2) is 11.5 Å². The van der Waals surface area contributed by atoms with Crippen LogP contribution in [-0.4, -0.2) is 40.1 Å². The Balaban J connectivity index is 2.32. The fourth-order valence-electron chi connectivity index (χ4n) is 2.27. The predicted molar refractivity (Wildman–Crippen MR) is 80.8 cm³/mol. The number of rotatable bonds is 3. The van der Waals surface area contributed by atoms with Crippen LogP contribution in [0.4, 0.5) is 0 Å². The number of amides is 1. The molecule has 1 fully saturated rings. The SMILES string of the molecule is COC(=O)[C@@H]1CCC(=O)N1Cc1cc(O)c(O)c(Br)c1Br. The number of phenols is 2. The molecule has 1 heterocycles. The molecule has 0 aromatic heterocycles. The number of esters is 1. The smallest absolute Gasteiger partial charge is 0.328 e. The van der Waals surface area contributed by atoms with Crippen molar-refractivity contribution < 1.29 is 24.5 Å². The number of carbonyl (C=O) groups is 2. The summed E-state index contributed by atoms with van der Waals surface area (Å²) in [6.07, 6.45) is 0.691. The second kappa shape index (κ2) is 6.23. The Bertz CT molecular complexity index is 605. The minimum atomic E-state index is -0.621. The average Bonchev–Trinajstić information content (AvgIpc) is 2.83. The fraction of sp³-hybridized carbons (Fsp3) is 0.385. The zero-order valence-electron chi connectivity index (χ0n) is 11.1. The standard InChI is InChI=1S/C13H13Br2NO5/c1-21-13(20)7-2-3-9(18)16(7)5-6-4-8(17)12(19)11(15)10(6)14/h4,7,17,19H,2-3,5H2,1H3/t7-/m0/s1. The summed E-state index contributed by atoms with van der Waals surface area (Å²) < 4.78 is 5.51. The van der Waals surface area contributed by atoms with E-state index >= 15 is 0 Å². The molecule has 0 bridgehead atoms. The topological polar surface area (TPSA) is 87.1 Å². The van der Waals surface area contributed by atoms with Crippen LogP contribution in [0.2, 0.25) is 0 Å².